The van der Waals surface area contributed by atoms with Gasteiger partial charge in [-0.2, -0.15) is 0 Å². The van der Waals surface area contributed by atoms with E-state index in [4.69, 9.17) is 22.1 Å². The maximum Gasteiger partial charge on any atom is 0.261 e. The number of carbonyl (C=O) groups excluding carboxylic acids is 2. The number of hydrogen-bond donors (Lipinski definition) is 2. The number of amides is 2. The molecule has 0 radical (unpaired) electrons. The van der Waals surface area contributed by atoms with Crippen LogP contribution in [0, 0.1) is 12.8 Å². The number of nitrogens with two attached hydrogens (primary N) is 1. The van der Waals surface area contributed by atoms with Gasteiger partial charge in [-0.1, -0.05) is 25.4 Å². The first-order chi connectivity index (χ1) is 9.72. The molecule has 2 unspecified atom stereocenters. The average molecular weight is 313 g/mol. The van der Waals surface area contributed by atoms with Gasteiger partial charge in [0, 0.05) is 5.02 Å². The van der Waals surface area contributed by atoms with Gasteiger partial charge in [0.25, 0.3) is 5.91 Å². The van der Waals surface area contributed by atoms with Gasteiger partial charge >= 0.3 is 0 Å². The van der Waals surface area contributed by atoms with Crippen molar-refractivity contribution in [2.45, 2.75) is 39.8 Å². The molecular formula is C15H21ClN2O3. The van der Waals surface area contributed by atoms with E-state index in [2.05, 4.69) is 5.32 Å². The van der Waals surface area contributed by atoms with Crippen LogP contribution in [0.4, 0.5) is 0 Å². The number of hydrogen-bond acceptors (Lipinski definition) is 3. The molecule has 0 aliphatic rings. The first kappa shape index (κ1) is 17.3. The molecule has 5 nitrogen and oxygen atoms in total. The van der Waals surface area contributed by atoms with E-state index in [0.29, 0.717) is 10.8 Å². The van der Waals surface area contributed by atoms with Crippen LogP contribution in [-0.4, -0.2) is 24.0 Å². The van der Waals surface area contributed by atoms with Crippen LogP contribution in [0.15, 0.2) is 18.2 Å². The fraction of sp³-hybridized carbons (Fsp3) is 0.467. The van der Waals surface area contributed by atoms with E-state index < -0.39 is 18.1 Å². The topological polar surface area (TPSA) is 81.4 Å². The minimum atomic E-state index is -0.745. The van der Waals surface area contributed by atoms with E-state index in [-0.39, 0.29) is 11.8 Å². The lowest BCUT2D eigenvalue weighted by molar-refractivity contribution is -0.132. The molecule has 1 aromatic carbocycles. The van der Waals surface area contributed by atoms with Crippen LogP contribution < -0.4 is 15.8 Å². The molecule has 2 amide bonds. The van der Waals surface area contributed by atoms with E-state index >= 15 is 0 Å². The van der Waals surface area contributed by atoms with Gasteiger partial charge in [-0.25, -0.2) is 0 Å². The molecule has 1 aromatic rings. The van der Waals surface area contributed by atoms with Gasteiger partial charge < -0.3 is 15.8 Å². The monoisotopic (exact) mass is 312 g/mol. The molecule has 2 atom stereocenters. The largest absolute Gasteiger partial charge is 0.481 e. The molecule has 0 aromatic heterocycles. The van der Waals surface area contributed by atoms with Gasteiger partial charge in [-0.05, 0) is 43.5 Å². The lowest BCUT2D eigenvalue weighted by Gasteiger charge is -2.22. The Balaban J connectivity index is 2.72. The maximum atomic E-state index is 12.1. The zero-order chi connectivity index (χ0) is 16.2. The van der Waals surface area contributed by atoms with E-state index in [1.807, 2.05) is 20.8 Å². The lowest BCUT2D eigenvalue weighted by atomic mass is 10.0. The predicted molar refractivity (Wildman–Crippen MR) is 82.2 cm³/mol. The Morgan fingerprint density at radius 2 is 1.90 bits per heavy atom. The molecule has 0 saturated heterocycles. The highest BCUT2D eigenvalue weighted by Gasteiger charge is 2.25. The fourth-order valence-corrected chi connectivity index (χ4v) is 2.05. The number of rotatable bonds is 6. The third-order valence-electron chi connectivity index (χ3n) is 3.08. The summed E-state index contributed by atoms with van der Waals surface area (Å²) in [5, 5.41) is 3.20. The second kappa shape index (κ2) is 7.31. The Bertz CT molecular complexity index is 532. The number of primary amides is 1. The van der Waals surface area contributed by atoms with E-state index in [0.717, 1.165) is 5.56 Å². The van der Waals surface area contributed by atoms with E-state index in [1.54, 1.807) is 25.1 Å². The molecule has 0 heterocycles. The lowest BCUT2D eigenvalue weighted by Crippen LogP contribution is -2.51. The van der Waals surface area contributed by atoms with Crippen molar-refractivity contribution in [2.75, 3.05) is 0 Å². The predicted octanol–water partition coefficient (Wildman–Crippen LogP) is 2.04. The molecule has 0 aliphatic heterocycles. The smallest absolute Gasteiger partial charge is 0.261 e. The number of halogens is 1. The molecule has 3 N–H and O–H groups in total. The third-order valence-corrected chi connectivity index (χ3v) is 3.32. The van der Waals surface area contributed by atoms with Gasteiger partial charge in [0.05, 0.1) is 0 Å². The zero-order valence-corrected chi connectivity index (χ0v) is 13.4. The first-order valence-electron chi connectivity index (χ1n) is 6.75. The number of carbonyl (C=O) groups is 2. The van der Waals surface area contributed by atoms with Crippen LogP contribution in [0.5, 0.6) is 5.75 Å². The van der Waals surface area contributed by atoms with Gasteiger partial charge in [-0.3, -0.25) is 9.59 Å². The van der Waals surface area contributed by atoms with Crippen molar-refractivity contribution in [3.63, 3.8) is 0 Å². The summed E-state index contributed by atoms with van der Waals surface area (Å²) >= 11 is 5.87. The highest BCUT2D eigenvalue weighted by Crippen LogP contribution is 2.22. The SMILES string of the molecule is Cc1cc(Cl)ccc1OC(C)C(=O)NC(C(N)=O)C(C)C. The number of benzene rings is 1. The van der Waals surface area contributed by atoms with Crippen molar-refractivity contribution in [1.82, 2.24) is 5.32 Å². The molecule has 0 aliphatic carbocycles. The van der Waals surface area contributed by atoms with E-state index in [9.17, 15) is 9.59 Å². The molecule has 21 heavy (non-hydrogen) atoms. The Labute approximate surface area is 129 Å². The molecule has 6 heteroatoms. The van der Waals surface area contributed by atoms with Crippen molar-refractivity contribution in [1.29, 1.82) is 0 Å². The molecule has 0 bridgehead atoms. The van der Waals surface area contributed by atoms with E-state index in [1.165, 1.54) is 0 Å². The van der Waals surface area contributed by atoms with Crippen molar-refractivity contribution in [2.24, 2.45) is 11.7 Å². The summed E-state index contributed by atoms with van der Waals surface area (Å²) in [6.45, 7) is 7.07. The number of aryl methyl sites for hydroxylation is 1. The van der Waals surface area contributed by atoms with Crippen molar-refractivity contribution >= 4 is 23.4 Å². The van der Waals surface area contributed by atoms with Crippen molar-refractivity contribution in [3.05, 3.63) is 28.8 Å². The van der Waals surface area contributed by atoms with Crippen molar-refractivity contribution in [3.8, 4) is 5.75 Å². The Morgan fingerprint density at radius 3 is 2.38 bits per heavy atom. The molecular weight excluding hydrogens is 292 g/mol. The van der Waals surface area contributed by atoms with Crippen LogP contribution in [0.1, 0.15) is 26.3 Å². The summed E-state index contributed by atoms with van der Waals surface area (Å²) in [7, 11) is 0. The second-order valence-electron chi connectivity index (χ2n) is 5.30. The third kappa shape index (κ3) is 4.93. The van der Waals surface area contributed by atoms with Gasteiger partial charge in [0.1, 0.15) is 11.8 Å². The summed E-state index contributed by atoms with van der Waals surface area (Å²) < 4.78 is 5.60. The molecule has 0 fully saturated rings. The minimum Gasteiger partial charge on any atom is -0.481 e. The average Bonchev–Trinajstić information content (AvgIpc) is 2.37. The zero-order valence-electron chi connectivity index (χ0n) is 12.6. The second-order valence-corrected chi connectivity index (χ2v) is 5.74. The van der Waals surface area contributed by atoms with Crippen LogP contribution in [0.25, 0.3) is 0 Å². The first-order valence-corrected chi connectivity index (χ1v) is 7.12. The van der Waals surface area contributed by atoms with Crippen LogP contribution >= 0.6 is 11.6 Å². The summed E-state index contributed by atoms with van der Waals surface area (Å²) in [4.78, 5) is 23.4. The highest BCUT2D eigenvalue weighted by molar-refractivity contribution is 6.30. The van der Waals surface area contributed by atoms with Gasteiger partial charge in [-0.15, -0.1) is 0 Å². The van der Waals surface area contributed by atoms with Crippen molar-refractivity contribution < 1.29 is 14.3 Å². The Kier molecular flexibility index (Phi) is 6.03. The molecule has 0 saturated carbocycles. The van der Waals surface area contributed by atoms with Crippen LogP contribution in [-0.2, 0) is 9.59 Å². The molecule has 0 spiro atoms. The summed E-state index contributed by atoms with van der Waals surface area (Å²) in [5.41, 5.74) is 6.10. The molecule has 116 valence electrons. The quantitative estimate of drug-likeness (QED) is 0.843. The van der Waals surface area contributed by atoms with Crippen LogP contribution in [0.3, 0.4) is 0 Å². The maximum absolute atomic E-state index is 12.1. The molecule has 1 rings (SSSR count). The minimum absolute atomic E-state index is 0.0871. The fourth-order valence-electron chi connectivity index (χ4n) is 1.83. The Morgan fingerprint density at radius 1 is 1.29 bits per heavy atom. The summed E-state index contributed by atoms with van der Waals surface area (Å²) in [5.74, 6) is -0.465. The standard InChI is InChI=1S/C15H21ClN2O3/c1-8(2)13(14(17)19)18-15(20)10(4)21-12-6-5-11(16)7-9(12)3/h5-8,10,13H,1-4H3,(H2,17,19)(H,18,20). The number of nitrogens with one attached hydrogen (secondary N) is 1. The number of ether oxygens (including phenoxy) is 1. The Hall–Kier alpha value is -1.75. The normalized spacial score (nSPS) is 13.6. The van der Waals surface area contributed by atoms with Gasteiger partial charge in [0.15, 0.2) is 6.10 Å². The van der Waals surface area contributed by atoms with Crippen LogP contribution in [0.2, 0.25) is 5.02 Å². The highest BCUT2D eigenvalue weighted by atomic mass is 35.5. The summed E-state index contributed by atoms with van der Waals surface area (Å²) in [6, 6.07) is 4.43. The summed E-state index contributed by atoms with van der Waals surface area (Å²) in [6.07, 6.45) is -0.745. The van der Waals surface area contributed by atoms with Gasteiger partial charge in [0.2, 0.25) is 5.91 Å².